The minimum atomic E-state index is -0.797. The number of carbonyl (C=O) groups excluding carboxylic acids is 1. The molecule has 1 aliphatic rings. The average molecular weight is 335 g/mol. The molecule has 1 aromatic rings. The van der Waals surface area contributed by atoms with E-state index in [2.05, 4.69) is 25.9 Å². The van der Waals surface area contributed by atoms with Crippen molar-refractivity contribution < 1.29 is 14.7 Å². The monoisotopic (exact) mass is 335 g/mol. The lowest BCUT2D eigenvalue weighted by molar-refractivity contribution is -0.145. The van der Waals surface area contributed by atoms with Crippen LogP contribution >= 0.6 is 0 Å². The molecule has 1 amide bonds. The highest BCUT2D eigenvalue weighted by molar-refractivity contribution is 5.78. The Bertz CT molecular complexity index is 607. The number of likely N-dealkylation sites (tertiary alicyclic amines) is 1. The van der Waals surface area contributed by atoms with Gasteiger partial charge < -0.3 is 10.0 Å². The molecular weight excluding hydrogens is 306 g/mol. The second kappa shape index (κ2) is 7.81. The van der Waals surface area contributed by atoms with Crippen molar-refractivity contribution in [3.05, 3.63) is 17.0 Å². The number of carbonyl (C=O) groups is 2. The molecule has 1 atom stereocenters. The molecule has 134 valence electrons. The van der Waals surface area contributed by atoms with E-state index in [1.165, 1.54) is 0 Å². The van der Waals surface area contributed by atoms with Gasteiger partial charge in [-0.3, -0.25) is 14.3 Å². The molecule has 1 N–H and O–H groups in total. The molecule has 0 radical (unpaired) electrons. The fraction of sp³-hybridized carbons (Fsp3) is 0.722. The molecule has 2 rings (SSSR count). The van der Waals surface area contributed by atoms with E-state index < -0.39 is 11.9 Å². The number of aromatic nitrogens is 2. The highest BCUT2D eigenvalue weighted by Gasteiger charge is 2.28. The van der Waals surface area contributed by atoms with E-state index in [9.17, 15) is 9.59 Å². The number of aryl methyl sites for hydroxylation is 1. The first-order chi connectivity index (χ1) is 11.3. The maximum atomic E-state index is 12.5. The van der Waals surface area contributed by atoms with Crippen LogP contribution in [0.3, 0.4) is 0 Å². The molecule has 0 spiro atoms. The van der Waals surface area contributed by atoms with E-state index in [0.717, 1.165) is 29.9 Å². The minimum Gasteiger partial charge on any atom is -0.481 e. The van der Waals surface area contributed by atoms with Crippen LogP contribution in [0.2, 0.25) is 0 Å². The van der Waals surface area contributed by atoms with Crippen LogP contribution in [0.25, 0.3) is 0 Å². The minimum absolute atomic E-state index is 0.0522. The first kappa shape index (κ1) is 18.5. The van der Waals surface area contributed by atoms with Gasteiger partial charge in [0.05, 0.1) is 11.6 Å². The van der Waals surface area contributed by atoms with E-state index in [1.807, 2.05) is 11.6 Å². The quantitative estimate of drug-likeness (QED) is 0.866. The third-order valence-corrected chi connectivity index (χ3v) is 4.78. The Morgan fingerprint density at radius 2 is 2.04 bits per heavy atom. The van der Waals surface area contributed by atoms with E-state index in [1.54, 1.807) is 4.90 Å². The van der Waals surface area contributed by atoms with Gasteiger partial charge in [-0.1, -0.05) is 13.8 Å². The van der Waals surface area contributed by atoms with E-state index in [4.69, 9.17) is 5.11 Å². The smallest absolute Gasteiger partial charge is 0.308 e. The average Bonchev–Trinajstić information content (AvgIpc) is 2.78. The summed E-state index contributed by atoms with van der Waals surface area (Å²) >= 11 is 0. The van der Waals surface area contributed by atoms with Gasteiger partial charge in [0.1, 0.15) is 0 Å². The van der Waals surface area contributed by atoms with Gasteiger partial charge in [-0.15, -0.1) is 0 Å². The van der Waals surface area contributed by atoms with Gasteiger partial charge in [-0.05, 0) is 44.6 Å². The van der Waals surface area contributed by atoms with Crippen LogP contribution < -0.4 is 0 Å². The maximum Gasteiger partial charge on any atom is 0.308 e. The molecule has 6 heteroatoms. The Balaban J connectivity index is 1.96. The van der Waals surface area contributed by atoms with Crippen LogP contribution in [-0.4, -0.2) is 44.8 Å². The lowest BCUT2D eigenvalue weighted by Crippen LogP contribution is -2.42. The number of carboxylic acid groups (broad SMARTS) is 1. The molecule has 24 heavy (non-hydrogen) atoms. The predicted octanol–water partition coefficient (Wildman–Crippen LogP) is 2.41. The van der Waals surface area contributed by atoms with Crippen molar-refractivity contribution in [2.45, 2.75) is 59.9 Å². The Morgan fingerprint density at radius 1 is 1.33 bits per heavy atom. The van der Waals surface area contributed by atoms with Crippen LogP contribution in [-0.2, 0) is 22.6 Å². The van der Waals surface area contributed by atoms with Crippen molar-refractivity contribution in [3.63, 3.8) is 0 Å². The fourth-order valence-electron chi connectivity index (χ4n) is 3.41. The van der Waals surface area contributed by atoms with Gasteiger partial charge in [0, 0.05) is 31.7 Å². The highest BCUT2D eigenvalue weighted by Crippen LogP contribution is 2.20. The van der Waals surface area contributed by atoms with Crippen molar-refractivity contribution in [2.75, 3.05) is 13.1 Å². The molecule has 0 bridgehead atoms. The van der Waals surface area contributed by atoms with E-state index in [-0.39, 0.29) is 5.91 Å². The zero-order chi connectivity index (χ0) is 17.9. The maximum absolute atomic E-state index is 12.5. The molecule has 0 saturated carbocycles. The van der Waals surface area contributed by atoms with E-state index in [0.29, 0.717) is 38.3 Å². The zero-order valence-electron chi connectivity index (χ0n) is 15.2. The fourth-order valence-corrected chi connectivity index (χ4v) is 3.41. The Hall–Kier alpha value is -1.85. The number of hydrogen-bond acceptors (Lipinski definition) is 3. The lowest BCUT2D eigenvalue weighted by atomic mass is 9.97. The topological polar surface area (TPSA) is 75.4 Å². The summed E-state index contributed by atoms with van der Waals surface area (Å²) < 4.78 is 2.03. The largest absolute Gasteiger partial charge is 0.481 e. The number of rotatable bonds is 6. The SMILES string of the molecule is Cc1nn(CC(C)C)c(C)c1CCC(=O)N1CCCC(C(=O)O)C1. The van der Waals surface area contributed by atoms with Crippen molar-refractivity contribution in [3.8, 4) is 0 Å². The summed E-state index contributed by atoms with van der Waals surface area (Å²) in [6.07, 6.45) is 2.52. The molecule has 1 aliphatic heterocycles. The normalized spacial score (nSPS) is 18.2. The second-order valence-electron chi connectivity index (χ2n) is 7.24. The summed E-state index contributed by atoms with van der Waals surface area (Å²) in [7, 11) is 0. The molecule has 1 aromatic heterocycles. The van der Waals surface area contributed by atoms with Crippen molar-refractivity contribution in [1.29, 1.82) is 0 Å². The molecule has 1 saturated heterocycles. The Labute approximate surface area is 143 Å². The summed E-state index contributed by atoms with van der Waals surface area (Å²) in [5.74, 6) is -0.635. The third-order valence-electron chi connectivity index (χ3n) is 4.78. The molecular formula is C18H29N3O3. The second-order valence-corrected chi connectivity index (χ2v) is 7.24. The van der Waals surface area contributed by atoms with E-state index >= 15 is 0 Å². The van der Waals surface area contributed by atoms with Gasteiger partial charge in [0.15, 0.2) is 0 Å². The van der Waals surface area contributed by atoms with Gasteiger partial charge >= 0.3 is 5.97 Å². The number of nitrogens with zero attached hydrogens (tertiary/aromatic N) is 3. The molecule has 2 heterocycles. The van der Waals surface area contributed by atoms with Gasteiger partial charge in [0.2, 0.25) is 5.91 Å². The first-order valence-electron chi connectivity index (χ1n) is 8.83. The first-order valence-corrected chi connectivity index (χ1v) is 8.83. The Kier molecular flexibility index (Phi) is 6.02. The van der Waals surface area contributed by atoms with Crippen LogP contribution in [0.4, 0.5) is 0 Å². The van der Waals surface area contributed by atoms with Crippen molar-refractivity contribution >= 4 is 11.9 Å². The summed E-state index contributed by atoms with van der Waals surface area (Å²) in [4.78, 5) is 25.3. The number of hydrogen-bond donors (Lipinski definition) is 1. The molecule has 1 fully saturated rings. The predicted molar refractivity (Wildman–Crippen MR) is 91.8 cm³/mol. The molecule has 6 nitrogen and oxygen atoms in total. The summed E-state index contributed by atoms with van der Waals surface area (Å²) in [6, 6.07) is 0. The van der Waals surface area contributed by atoms with Gasteiger partial charge in [0.25, 0.3) is 0 Å². The van der Waals surface area contributed by atoms with Crippen LogP contribution in [0.15, 0.2) is 0 Å². The van der Waals surface area contributed by atoms with Crippen molar-refractivity contribution in [2.24, 2.45) is 11.8 Å². The summed E-state index contributed by atoms with van der Waals surface area (Å²) in [5, 5.41) is 13.7. The standard InChI is InChI=1S/C18H29N3O3/c1-12(2)10-21-14(4)16(13(3)19-21)7-8-17(22)20-9-5-6-15(11-20)18(23)24/h12,15H,5-11H2,1-4H3,(H,23,24). The molecule has 0 aliphatic carbocycles. The number of carboxylic acids is 1. The van der Waals surface area contributed by atoms with Gasteiger partial charge in [-0.25, -0.2) is 0 Å². The third kappa shape index (κ3) is 4.36. The lowest BCUT2D eigenvalue weighted by Gasteiger charge is -2.30. The number of amides is 1. The summed E-state index contributed by atoms with van der Waals surface area (Å²) in [6.45, 7) is 10.3. The highest BCUT2D eigenvalue weighted by atomic mass is 16.4. The number of piperidine rings is 1. The summed E-state index contributed by atoms with van der Waals surface area (Å²) in [5.41, 5.74) is 3.27. The van der Waals surface area contributed by atoms with Gasteiger partial charge in [-0.2, -0.15) is 5.10 Å². The molecule has 0 aromatic carbocycles. The Morgan fingerprint density at radius 3 is 2.67 bits per heavy atom. The van der Waals surface area contributed by atoms with Crippen LogP contribution in [0.1, 0.15) is 50.1 Å². The van der Waals surface area contributed by atoms with Crippen LogP contribution in [0.5, 0.6) is 0 Å². The van der Waals surface area contributed by atoms with Crippen molar-refractivity contribution in [1.82, 2.24) is 14.7 Å². The number of aliphatic carboxylic acids is 1. The molecule has 1 unspecified atom stereocenters. The zero-order valence-corrected chi connectivity index (χ0v) is 15.2. The van der Waals surface area contributed by atoms with Crippen LogP contribution in [0, 0.1) is 25.7 Å².